The predicted octanol–water partition coefficient (Wildman–Crippen LogP) is 4.71. The van der Waals surface area contributed by atoms with Crippen LogP contribution in [0.3, 0.4) is 0 Å². The summed E-state index contributed by atoms with van der Waals surface area (Å²) in [5.41, 5.74) is 4.49. The van der Waals surface area contributed by atoms with Gasteiger partial charge in [0.2, 0.25) is 0 Å². The number of hydrogen-bond donors (Lipinski definition) is 0. The molecule has 0 saturated carbocycles. The first-order valence-electron chi connectivity index (χ1n) is 10.9. The van der Waals surface area contributed by atoms with Gasteiger partial charge >= 0.3 is 0 Å². The smallest absolute Gasteiger partial charge is 0.257 e. The summed E-state index contributed by atoms with van der Waals surface area (Å²) in [6, 6.07) is 22.1. The zero-order valence-corrected chi connectivity index (χ0v) is 18.4. The number of aromatic nitrogens is 2. The van der Waals surface area contributed by atoms with Gasteiger partial charge in [-0.1, -0.05) is 30.3 Å². The van der Waals surface area contributed by atoms with Crippen molar-refractivity contribution >= 4 is 11.6 Å². The first-order chi connectivity index (χ1) is 15.6. The highest BCUT2D eigenvalue weighted by atomic mass is 16.3. The monoisotopic (exact) mass is 426 g/mol. The second-order valence-electron chi connectivity index (χ2n) is 8.20. The summed E-state index contributed by atoms with van der Waals surface area (Å²) in [6.07, 6.45) is 1.82. The fraction of sp³-hybridized carbons (Fsp3) is 0.231. The van der Waals surface area contributed by atoms with Crippen molar-refractivity contribution in [3.05, 3.63) is 89.8 Å². The van der Waals surface area contributed by atoms with E-state index in [1.807, 2.05) is 60.5 Å². The Balaban J connectivity index is 1.41. The molecule has 32 heavy (non-hydrogen) atoms. The second kappa shape index (κ2) is 8.38. The van der Waals surface area contributed by atoms with Crippen molar-refractivity contribution in [1.82, 2.24) is 14.7 Å². The SMILES string of the molecule is Cc1cccc(N2CCN(C(=O)c3cn(-c4ccccc4)nc3-c3ccc(C)o3)CC2)c1. The van der Waals surface area contributed by atoms with Crippen molar-refractivity contribution in [3.63, 3.8) is 0 Å². The van der Waals surface area contributed by atoms with Crippen LogP contribution in [0.1, 0.15) is 21.7 Å². The van der Waals surface area contributed by atoms with Crippen molar-refractivity contribution in [1.29, 1.82) is 0 Å². The molecule has 0 spiro atoms. The molecule has 0 radical (unpaired) electrons. The Morgan fingerprint density at radius 3 is 2.31 bits per heavy atom. The molecule has 1 saturated heterocycles. The third kappa shape index (κ3) is 3.91. The van der Waals surface area contributed by atoms with Crippen LogP contribution in [-0.4, -0.2) is 46.8 Å². The molecule has 2 aromatic heterocycles. The van der Waals surface area contributed by atoms with E-state index in [1.165, 1.54) is 11.3 Å². The summed E-state index contributed by atoms with van der Waals surface area (Å²) in [7, 11) is 0. The molecule has 0 aliphatic carbocycles. The van der Waals surface area contributed by atoms with Gasteiger partial charge in [-0.15, -0.1) is 0 Å². The highest BCUT2D eigenvalue weighted by Gasteiger charge is 2.27. The Labute approximate surface area is 187 Å². The van der Waals surface area contributed by atoms with E-state index >= 15 is 0 Å². The van der Waals surface area contributed by atoms with Gasteiger partial charge in [0, 0.05) is 38.1 Å². The molecule has 6 heteroatoms. The van der Waals surface area contributed by atoms with Gasteiger partial charge in [0.1, 0.15) is 11.5 Å². The Bertz CT molecular complexity index is 1230. The van der Waals surface area contributed by atoms with Crippen molar-refractivity contribution in [2.75, 3.05) is 31.1 Å². The Kier molecular flexibility index (Phi) is 5.27. The van der Waals surface area contributed by atoms with Crippen LogP contribution < -0.4 is 4.90 Å². The van der Waals surface area contributed by atoms with E-state index < -0.39 is 0 Å². The van der Waals surface area contributed by atoms with Gasteiger partial charge < -0.3 is 14.2 Å². The molecule has 2 aromatic carbocycles. The first kappa shape index (κ1) is 20.1. The lowest BCUT2D eigenvalue weighted by Gasteiger charge is -2.36. The van der Waals surface area contributed by atoms with Gasteiger partial charge in [-0.05, 0) is 55.8 Å². The molecule has 0 unspecified atom stereocenters. The number of nitrogens with zero attached hydrogens (tertiary/aromatic N) is 4. The van der Waals surface area contributed by atoms with E-state index in [4.69, 9.17) is 9.52 Å². The van der Waals surface area contributed by atoms with E-state index in [-0.39, 0.29) is 5.91 Å². The molecule has 1 aliphatic rings. The van der Waals surface area contributed by atoms with Crippen LogP contribution in [0.4, 0.5) is 5.69 Å². The van der Waals surface area contributed by atoms with Gasteiger partial charge in [0.25, 0.3) is 5.91 Å². The molecular weight excluding hydrogens is 400 g/mol. The van der Waals surface area contributed by atoms with E-state index in [1.54, 1.807) is 4.68 Å². The normalized spacial score (nSPS) is 14.1. The van der Waals surface area contributed by atoms with Gasteiger partial charge in [0.15, 0.2) is 5.76 Å². The predicted molar refractivity (Wildman–Crippen MR) is 125 cm³/mol. The average Bonchev–Trinajstić information content (AvgIpc) is 3.46. The lowest BCUT2D eigenvalue weighted by atomic mass is 10.1. The van der Waals surface area contributed by atoms with Crippen molar-refractivity contribution in [3.8, 4) is 17.1 Å². The standard InChI is InChI=1S/C26H26N4O2/c1-19-7-6-10-22(17-19)28-13-15-29(16-14-28)26(31)23-18-30(21-8-4-3-5-9-21)27-25(23)24-12-11-20(2)32-24/h3-12,17-18H,13-16H2,1-2H3. The van der Waals surface area contributed by atoms with Crippen LogP contribution in [0.25, 0.3) is 17.1 Å². The molecule has 4 aromatic rings. The Hall–Kier alpha value is -3.80. The summed E-state index contributed by atoms with van der Waals surface area (Å²) in [6.45, 7) is 6.93. The lowest BCUT2D eigenvalue weighted by Crippen LogP contribution is -2.48. The number of anilines is 1. The number of aryl methyl sites for hydroxylation is 2. The van der Waals surface area contributed by atoms with E-state index in [9.17, 15) is 4.79 Å². The number of rotatable bonds is 4. The number of hydrogen-bond acceptors (Lipinski definition) is 4. The number of carbonyl (C=O) groups is 1. The maximum atomic E-state index is 13.6. The minimum atomic E-state index is -0.0138. The van der Waals surface area contributed by atoms with Crippen molar-refractivity contribution < 1.29 is 9.21 Å². The van der Waals surface area contributed by atoms with Crippen LogP contribution in [0.5, 0.6) is 0 Å². The summed E-state index contributed by atoms with van der Waals surface area (Å²) >= 11 is 0. The average molecular weight is 427 g/mol. The first-order valence-corrected chi connectivity index (χ1v) is 10.9. The second-order valence-corrected chi connectivity index (χ2v) is 8.20. The van der Waals surface area contributed by atoms with Crippen molar-refractivity contribution in [2.45, 2.75) is 13.8 Å². The number of carbonyl (C=O) groups excluding carboxylic acids is 1. The fourth-order valence-electron chi connectivity index (χ4n) is 4.15. The maximum absolute atomic E-state index is 13.6. The highest BCUT2D eigenvalue weighted by Crippen LogP contribution is 2.27. The molecule has 6 nitrogen and oxygen atoms in total. The third-order valence-electron chi connectivity index (χ3n) is 5.87. The van der Waals surface area contributed by atoms with Crippen LogP contribution in [0.15, 0.2) is 77.3 Å². The quantitative estimate of drug-likeness (QED) is 0.474. The molecule has 1 amide bonds. The van der Waals surface area contributed by atoms with Crippen molar-refractivity contribution in [2.24, 2.45) is 0 Å². The minimum absolute atomic E-state index is 0.0138. The van der Waals surface area contributed by atoms with Crippen LogP contribution in [0, 0.1) is 13.8 Å². The van der Waals surface area contributed by atoms with Gasteiger partial charge in [-0.2, -0.15) is 5.10 Å². The van der Waals surface area contributed by atoms with Crippen LogP contribution in [-0.2, 0) is 0 Å². The summed E-state index contributed by atoms with van der Waals surface area (Å²) in [4.78, 5) is 17.8. The molecule has 5 rings (SSSR count). The number of para-hydroxylation sites is 1. The summed E-state index contributed by atoms with van der Waals surface area (Å²) in [5, 5.41) is 4.72. The van der Waals surface area contributed by atoms with E-state index in [0.29, 0.717) is 30.1 Å². The molecule has 0 bridgehead atoms. The van der Waals surface area contributed by atoms with Gasteiger partial charge in [-0.25, -0.2) is 4.68 Å². The molecular formula is C26H26N4O2. The largest absolute Gasteiger partial charge is 0.460 e. The zero-order chi connectivity index (χ0) is 22.1. The van der Waals surface area contributed by atoms with Crippen LogP contribution >= 0.6 is 0 Å². The number of piperazine rings is 1. The summed E-state index contributed by atoms with van der Waals surface area (Å²) < 4.78 is 7.58. The molecule has 1 fully saturated rings. The highest BCUT2D eigenvalue weighted by molar-refractivity contribution is 5.99. The lowest BCUT2D eigenvalue weighted by molar-refractivity contribution is 0.0747. The molecule has 0 atom stereocenters. The van der Waals surface area contributed by atoms with E-state index in [2.05, 4.69) is 36.1 Å². The number of furan rings is 1. The number of amides is 1. The Morgan fingerprint density at radius 1 is 0.875 bits per heavy atom. The molecule has 0 N–H and O–H groups in total. The molecule has 1 aliphatic heterocycles. The maximum Gasteiger partial charge on any atom is 0.257 e. The Morgan fingerprint density at radius 2 is 1.62 bits per heavy atom. The third-order valence-corrected chi connectivity index (χ3v) is 5.87. The zero-order valence-electron chi connectivity index (χ0n) is 18.4. The van der Waals surface area contributed by atoms with E-state index in [0.717, 1.165) is 24.5 Å². The summed E-state index contributed by atoms with van der Waals surface area (Å²) in [5.74, 6) is 1.39. The molecule has 162 valence electrons. The topological polar surface area (TPSA) is 54.5 Å². The van der Waals surface area contributed by atoms with Gasteiger partial charge in [0.05, 0.1) is 11.3 Å². The fourth-order valence-corrected chi connectivity index (χ4v) is 4.15. The molecule has 3 heterocycles. The number of benzene rings is 2. The van der Waals surface area contributed by atoms with Gasteiger partial charge in [-0.3, -0.25) is 4.79 Å². The minimum Gasteiger partial charge on any atom is -0.460 e. The van der Waals surface area contributed by atoms with Crippen LogP contribution in [0.2, 0.25) is 0 Å².